The van der Waals surface area contributed by atoms with Crippen molar-refractivity contribution < 1.29 is 4.74 Å². The quantitative estimate of drug-likeness (QED) is 0.827. The Labute approximate surface area is 125 Å². The number of nitrogens with zero attached hydrogens (tertiary/aromatic N) is 4. The summed E-state index contributed by atoms with van der Waals surface area (Å²) < 4.78 is 7.35. The summed E-state index contributed by atoms with van der Waals surface area (Å²) in [7, 11) is 1.63. The molecule has 0 radical (unpaired) electrons. The topological polar surface area (TPSA) is 78.9 Å². The number of hydrogen-bond acceptors (Lipinski definition) is 5. The Morgan fingerprint density at radius 1 is 1.19 bits per heavy atom. The number of nitrogen functional groups attached to an aromatic ring is 1. The molecule has 0 amide bonds. The fourth-order valence-electron chi connectivity index (χ4n) is 2.77. The van der Waals surface area contributed by atoms with Gasteiger partial charge in [0.25, 0.3) is 0 Å². The molecule has 0 unspecified atom stereocenters. The van der Waals surface area contributed by atoms with Gasteiger partial charge in [-0.2, -0.15) is 0 Å². The maximum Gasteiger partial charge on any atom is 0.186 e. The van der Waals surface area contributed by atoms with E-state index in [1.165, 1.54) is 0 Å². The zero-order chi connectivity index (χ0) is 15.5. The van der Waals surface area contributed by atoms with E-state index >= 15 is 0 Å². The van der Waals surface area contributed by atoms with E-state index in [1.54, 1.807) is 7.11 Å². The largest absolute Gasteiger partial charge is 0.496 e. The molecule has 0 saturated heterocycles. The predicted octanol–water partition coefficient (Wildman–Crippen LogP) is 2.86. The van der Waals surface area contributed by atoms with Gasteiger partial charge in [0.2, 0.25) is 0 Å². The van der Waals surface area contributed by atoms with Crippen molar-refractivity contribution in [3.05, 3.63) is 18.2 Å². The number of nitrogens with two attached hydrogens (primary N) is 1. The number of hydrogen-bond donors (Lipinski definition) is 1. The summed E-state index contributed by atoms with van der Waals surface area (Å²) in [4.78, 5) is 0. The van der Waals surface area contributed by atoms with Gasteiger partial charge in [-0.25, -0.2) is 4.68 Å². The molecule has 0 aliphatic rings. The van der Waals surface area contributed by atoms with Crippen molar-refractivity contribution in [3.8, 4) is 17.1 Å². The van der Waals surface area contributed by atoms with E-state index in [4.69, 9.17) is 10.5 Å². The second-order valence-corrected chi connectivity index (χ2v) is 5.16. The van der Waals surface area contributed by atoms with Crippen LogP contribution in [0.4, 0.5) is 5.69 Å². The Balaban J connectivity index is 2.63. The Morgan fingerprint density at radius 2 is 1.86 bits per heavy atom. The molecule has 1 aromatic heterocycles. The van der Waals surface area contributed by atoms with Crippen molar-refractivity contribution in [3.63, 3.8) is 0 Å². The monoisotopic (exact) mass is 289 g/mol. The van der Waals surface area contributed by atoms with Crippen LogP contribution in [0.3, 0.4) is 0 Å². The number of ether oxygens (including phenoxy) is 1. The van der Waals surface area contributed by atoms with Crippen LogP contribution in [-0.4, -0.2) is 27.3 Å². The highest BCUT2D eigenvalue weighted by atomic mass is 16.5. The maximum absolute atomic E-state index is 5.91. The van der Waals surface area contributed by atoms with Crippen LogP contribution >= 0.6 is 0 Å². The molecule has 21 heavy (non-hydrogen) atoms. The summed E-state index contributed by atoms with van der Waals surface area (Å²) in [6.07, 6.45) is 2.88. The van der Waals surface area contributed by atoms with Crippen molar-refractivity contribution in [1.29, 1.82) is 0 Å². The molecule has 0 atom stereocenters. The number of aromatic nitrogens is 4. The first-order valence-corrected chi connectivity index (χ1v) is 7.34. The van der Waals surface area contributed by atoms with Crippen LogP contribution in [0.2, 0.25) is 0 Å². The zero-order valence-electron chi connectivity index (χ0n) is 13.1. The van der Waals surface area contributed by atoms with E-state index in [0.29, 0.717) is 11.5 Å². The third-order valence-corrected chi connectivity index (χ3v) is 4.36. The van der Waals surface area contributed by atoms with Crippen LogP contribution in [0.25, 0.3) is 11.4 Å². The van der Waals surface area contributed by atoms with Gasteiger partial charge in [-0.15, -0.1) is 5.10 Å². The smallest absolute Gasteiger partial charge is 0.186 e. The van der Waals surface area contributed by atoms with Crippen molar-refractivity contribution in [2.24, 2.45) is 0 Å². The van der Waals surface area contributed by atoms with Crippen LogP contribution in [0.1, 0.15) is 40.0 Å². The van der Waals surface area contributed by atoms with Crippen molar-refractivity contribution in [2.45, 2.75) is 45.6 Å². The van der Waals surface area contributed by atoms with Crippen molar-refractivity contribution in [1.82, 2.24) is 20.2 Å². The lowest BCUT2D eigenvalue weighted by atomic mass is 9.89. The zero-order valence-corrected chi connectivity index (χ0v) is 13.1. The molecule has 6 heteroatoms. The fraction of sp³-hybridized carbons (Fsp3) is 0.533. The van der Waals surface area contributed by atoms with E-state index < -0.39 is 0 Å². The molecule has 6 nitrogen and oxygen atoms in total. The van der Waals surface area contributed by atoms with Gasteiger partial charge in [0.15, 0.2) is 5.82 Å². The Kier molecular flexibility index (Phi) is 4.45. The van der Waals surface area contributed by atoms with Gasteiger partial charge < -0.3 is 10.5 Å². The first-order valence-electron chi connectivity index (χ1n) is 7.34. The highest BCUT2D eigenvalue weighted by molar-refractivity contribution is 5.69. The van der Waals surface area contributed by atoms with E-state index in [0.717, 1.165) is 30.6 Å². The van der Waals surface area contributed by atoms with Crippen LogP contribution < -0.4 is 10.5 Å². The molecule has 0 spiro atoms. The number of rotatable bonds is 6. The third-order valence-electron chi connectivity index (χ3n) is 4.36. The molecule has 2 N–H and O–H groups in total. The summed E-state index contributed by atoms with van der Waals surface area (Å²) in [6.45, 7) is 6.49. The molecular formula is C15H23N5O. The van der Waals surface area contributed by atoms with Gasteiger partial charge in [-0.05, 0) is 47.9 Å². The summed E-state index contributed by atoms with van der Waals surface area (Å²) >= 11 is 0. The molecule has 0 aliphatic heterocycles. The number of tetrazole rings is 1. The molecular weight excluding hydrogens is 266 g/mol. The maximum atomic E-state index is 5.91. The number of methoxy groups -OCH3 is 1. The highest BCUT2D eigenvalue weighted by Crippen LogP contribution is 2.36. The highest BCUT2D eigenvalue weighted by Gasteiger charge is 2.31. The summed E-state index contributed by atoms with van der Waals surface area (Å²) in [5.74, 6) is 1.42. The van der Waals surface area contributed by atoms with Crippen molar-refractivity contribution >= 4 is 5.69 Å². The van der Waals surface area contributed by atoms with Crippen LogP contribution in [0, 0.1) is 0 Å². The normalized spacial score (nSPS) is 11.6. The third kappa shape index (κ3) is 2.57. The summed E-state index contributed by atoms with van der Waals surface area (Å²) in [6, 6.07) is 5.51. The Morgan fingerprint density at radius 3 is 2.43 bits per heavy atom. The van der Waals surface area contributed by atoms with E-state index in [9.17, 15) is 0 Å². The van der Waals surface area contributed by atoms with E-state index in [-0.39, 0.29) is 5.54 Å². The average molecular weight is 289 g/mol. The van der Waals surface area contributed by atoms with Gasteiger partial charge in [0.1, 0.15) is 5.75 Å². The summed E-state index contributed by atoms with van der Waals surface area (Å²) in [5, 5.41) is 12.3. The van der Waals surface area contributed by atoms with Gasteiger partial charge in [0.05, 0.1) is 18.2 Å². The standard InChI is InChI=1S/C15H23N5O/c1-5-15(6-2,7-3)20-14(17-18-19-20)12-10-11(16)8-9-13(12)21-4/h8-10H,5-7,16H2,1-4H3. The molecule has 0 saturated carbocycles. The van der Waals surface area contributed by atoms with Crippen LogP contribution in [0.5, 0.6) is 5.75 Å². The molecule has 1 heterocycles. The van der Waals surface area contributed by atoms with Crippen molar-refractivity contribution in [2.75, 3.05) is 12.8 Å². The first kappa shape index (κ1) is 15.3. The van der Waals surface area contributed by atoms with E-state index in [2.05, 4.69) is 36.3 Å². The lowest BCUT2D eigenvalue weighted by Gasteiger charge is -2.31. The van der Waals surface area contributed by atoms with Crippen LogP contribution in [-0.2, 0) is 5.54 Å². The van der Waals surface area contributed by atoms with Gasteiger partial charge in [0, 0.05) is 5.69 Å². The number of benzene rings is 1. The Bertz CT molecular complexity index is 596. The SMILES string of the molecule is CCC(CC)(CC)n1nnnc1-c1cc(N)ccc1OC. The lowest BCUT2D eigenvalue weighted by Crippen LogP contribution is -2.33. The Hall–Kier alpha value is -2.11. The molecule has 0 bridgehead atoms. The number of anilines is 1. The average Bonchev–Trinajstić information content (AvgIpc) is 2.99. The minimum Gasteiger partial charge on any atom is -0.496 e. The summed E-state index contributed by atoms with van der Waals surface area (Å²) in [5.41, 5.74) is 7.31. The second-order valence-electron chi connectivity index (χ2n) is 5.16. The lowest BCUT2D eigenvalue weighted by molar-refractivity contribution is 0.223. The predicted molar refractivity (Wildman–Crippen MR) is 83.1 cm³/mol. The van der Waals surface area contributed by atoms with E-state index in [1.807, 2.05) is 22.9 Å². The fourth-order valence-corrected chi connectivity index (χ4v) is 2.77. The second kappa shape index (κ2) is 6.11. The molecule has 0 aliphatic carbocycles. The van der Waals surface area contributed by atoms with Gasteiger partial charge in [-0.1, -0.05) is 20.8 Å². The molecule has 114 valence electrons. The van der Waals surface area contributed by atoms with Gasteiger partial charge >= 0.3 is 0 Å². The first-order chi connectivity index (χ1) is 10.1. The van der Waals surface area contributed by atoms with Gasteiger partial charge in [-0.3, -0.25) is 0 Å². The minimum atomic E-state index is -0.0888. The van der Waals surface area contributed by atoms with Crippen LogP contribution in [0.15, 0.2) is 18.2 Å². The molecule has 2 aromatic rings. The molecule has 1 aromatic carbocycles. The molecule has 2 rings (SSSR count). The molecule has 0 fully saturated rings. The minimum absolute atomic E-state index is 0.0888.